The molecule has 2 aromatic carbocycles. The molecule has 0 amide bonds. The Kier molecular flexibility index (Phi) is 6.51. The molecule has 0 unspecified atom stereocenters. The predicted molar refractivity (Wildman–Crippen MR) is 110 cm³/mol. The van der Waals surface area contributed by atoms with Gasteiger partial charge >= 0.3 is 5.56 Å². The fourth-order valence-electron chi connectivity index (χ4n) is 2.74. The number of aromatic nitrogens is 2. The van der Waals surface area contributed by atoms with Crippen molar-refractivity contribution < 1.29 is 27.0 Å². The van der Waals surface area contributed by atoms with Crippen LogP contribution in [0.3, 0.4) is 0 Å². The van der Waals surface area contributed by atoms with Crippen LogP contribution in [0.2, 0.25) is 0 Å². The average molecular weight is 450 g/mol. The van der Waals surface area contributed by atoms with Gasteiger partial charge in [-0.1, -0.05) is 19.1 Å². The highest BCUT2D eigenvalue weighted by Gasteiger charge is 2.18. The van der Waals surface area contributed by atoms with Gasteiger partial charge in [0.25, 0.3) is 0 Å². The second-order valence-electron chi connectivity index (χ2n) is 7.10. The second kappa shape index (κ2) is 8.94. The van der Waals surface area contributed by atoms with Gasteiger partial charge in [0.05, 0.1) is 23.4 Å². The zero-order chi connectivity index (χ0) is 22.8. The third-order valence-corrected chi connectivity index (χ3v) is 5.63. The lowest BCUT2D eigenvalue weighted by Crippen LogP contribution is -2.25. The minimum absolute atomic E-state index is 0.00271. The number of hydrogen-bond donors (Lipinski definition) is 1. The van der Waals surface area contributed by atoms with Gasteiger partial charge in [-0.3, -0.25) is 4.79 Å². The minimum Gasteiger partial charge on any atom is -0.487 e. The Labute approximate surface area is 177 Å². The maximum Gasteiger partial charge on any atom is 0.314 e. The van der Waals surface area contributed by atoms with E-state index in [2.05, 4.69) is 5.10 Å². The van der Waals surface area contributed by atoms with E-state index in [1.807, 2.05) is 0 Å². The molecule has 0 aliphatic heterocycles. The Balaban J connectivity index is 2.13. The zero-order valence-electron chi connectivity index (χ0n) is 16.7. The minimum atomic E-state index is -3.40. The molecule has 0 fully saturated rings. The summed E-state index contributed by atoms with van der Waals surface area (Å²) in [6.07, 6.45) is 2.40. The summed E-state index contributed by atoms with van der Waals surface area (Å²) in [5.74, 6) is -2.59. The van der Waals surface area contributed by atoms with Crippen LogP contribution in [0.1, 0.15) is 6.92 Å². The van der Waals surface area contributed by atoms with Crippen molar-refractivity contribution in [2.45, 2.75) is 11.8 Å². The van der Waals surface area contributed by atoms with Crippen LogP contribution >= 0.6 is 0 Å². The van der Waals surface area contributed by atoms with Crippen molar-refractivity contribution in [3.05, 3.63) is 70.6 Å². The number of aliphatic hydroxyl groups excluding tert-OH is 1. The van der Waals surface area contributed by atoms with Crippen molar-refractivity contribution in [1.82, 2.24) is 9.78 Å². The molecule has 0 bridgehead atoms. The molecule has 3 rings (SSSR count). The number of ether oxygens (including phenoxy) is 1. The van der Waals surface area contributed by atoms with Gasteiger partial charge in [-0.15, -0.1) is 0 Å². The first-order chi connectivity index (χ1) is 14.6. The monoisotopic (exact) mass is 450 g/mol. The normalized spacial score (nSPS) is 12.5. The van der Waals surface area contributed by atoms with Crippen LogP contribution < -0.4 is 10.3 Å². The molecule has 3 aromatic rings. The van der Waals surface area contributed by atoms with Gasteiger partial charge in [-0.2, -0.15) is 9.78 Å². The van der Waals surface area contributed by atoms with Crippen LogP contribution in [0.15, 0.2) is 58.4 Å². The molecule has 1 heterocycles. The summed E-state index contributed by atoms with van der Waals surface area (Å²) >= 11 is 0. The first kappa shape index (κ1) is 22.6. The molecule has 10 heteroatoms. The van der Waals surface area contributed by atoms with E-state index in [1.54, 1.807) is 6.92 Å². The number of halogens is 2. The Bertz CT molecular complexity index is 1260. The van der Waals surface area contributed by atoms with Crippen LogP contribution in [-0.2, 0) is 9.84 Å². The summed E-state index contributed by atoms with van der Waals surface area (Å²) in [6, 6.07) is 8.73. The van der Waals surface area contributed by atoms with Crippen molar-refractivity contribution >= 4 is 9.84 Å². The summed E-state index contributed by atoms with van der Waals surface area (Å²) in [6.45, 7) is 1.57. The molecule has 0 aliphatic rings. The van der Waals surface area contributed by atoms with Crippen molar-refractivity contribution in [1.29, 1.82) is 0 Å². The van der Waals surface area contributed by atoms with Crippen LogP contribution in [-0.4, -0.2) is 42.8 Å². The molecule has 0 radical (unpaired) electrons. The number of hydrogen-bond acceptors (Lipinski definition) is 6. The molecule has 31 heavy (non-hydrogen) atoms. The number of nitrogens with zero attached hydrogens (tertiary/aromatic N) is 2. The van der Waals surface area contributed by atoms with Gasteiger partial charge in [0.1, 0.15) is 0 Å². The lowest BCUT2D eigenvalue weighted by Gasteiger charge is -2.15. The van der Waals surface area contributed by atoms with E-state index < -0.39 is 27.0 Å². The fraction of sp³-hybridized carbons (Fsp3) is 0.238. The van der Waals surface area contributed by atoms with Crippen molar-refractivity contribution in [3.63, 3.8) is 0 Å². The van der Waals surface area contributed by atoms with E-state index in [1.165, 1.54) is 36.5 Å². The summed E-state index contributed by atoms with van der Waals surface area (Å²) < 4.78 is 56.8. The molecular formula is C21H20F2N2O5S. The zero-order valence-corrected chi connectivity index (χ0v) is 17.6. The fourth-order valence-corrected chi connectivity index (χ4v) is 3.37. The SMILES string of the molecule is C[C@@H](CO)COc1c(-c2ccc(S(C)(=O)=O)cc2)cnn(-c2ccc(F)c(F)c2)c1=O. The van der Waals surface area contributed by atoms with Gasteiger partial charge in [0, 0.05) is 30.4 Å². The average Bonchev–Trinajstić information content (AvgIpc) is 2.74. The first-order valence-electron chi connectivity index (χ1n) is 9.23. The van der Waals surface area contributed by atoms with Crippen molar-refractivity contribution in [3.8, 4) is 22.6 Å². The van der Waals surface area contributed by atoms with Gasteiger partial charge < -0.3 is 9.84 Å². The van der Waals surface area contributed by atoms with Gasteiger partial charge in [-0.05, 0) is 29.8 Å². The molecule has 1 atom stereocenters. The van der Waals surface area contributed by atoms with E-state index in [4.69, 9.17) is 4.74 Å². The van der Waals surface area contributed by atoms with E-state index in [-0.39, 0.29) is 41.0 Å². The highest BCUT2D eigenvalue weighted by atomic mass is 32.2. The van der Waals surface area contributed by atoms with Gasteiger partial charge in [0.15, 0.2) is 27.2 Å². The third kappa shape index (κ3) is 4.97. The maximum atomic E-state index is 13.6. The maximum absolute atomic E-state index is 13.6. The molecule has 7 nitrogen and oxygen atoms in total. The topological polar surface area (TPSA) is 98.5 Å². The van der Waals surface area contributed by atoms with E-state index in [9.17, 15) is 27.1 Å². The summed E-state index contributed by atoms with van der Waals surface area (Å²) in [5.41, 5.74) is 0.0406. The van der Waals surface area contributed by atoms with E-state index in [0.29, 0.717) is 5.56 Å². The second-order valence-corrected chi connectivity index (χ2v) is 9.11. The van der Waals surface area contributed by atoms with Crippen molar-refractivity contribution in [2.24, 2.45) is 5.92 Å². The van der Waals surface area contributed by atoms with E-state index >= 15 is 0 Å². The van der Waals surface area contributed by atoms with Crippen molar-refractivity contribution in [2.75, 3.05) is 19.5 Å². The first-order valence-corrected chi connectivity index (χ1v) is 11.1. The molecule has 0 spiro atoms. The largest absolute Gasteiger partial charge is 0.487 e. The number of benzene rings is 2. The smallest absolute Gasteiger partial charge is 0.314 e. The summed E-state index contributed by atoms with van der Waals surface area (Å²) in [7, 11) is -3.40. The Hall–Kier alpha value is -3.11. The molecule has 0 saturated heterocycles. The lowest BCUT2D eigenvalue weighted by atomic mass is 10.1. The van der Waals surface area contributed by atoms with Crippen LogP contribution in [0.5, 0.6) is 5.75 Å². The molecular weight excluding hydrogens is 430 g/mol. The molecule has 0 aliphatic carbocycles. The number of aliphatic hydroxyl groups is 1. The van der Waals surface area contributed by atoms with Crippen LogP contribution in [0.25, 0.3) is 16.8 Å². The van der Waals surface area contributed by atoms with Gasteiger partial charge in [-0.25, -0.2) is 17.2 Å². The lowest BCUT2D eigenvalue weighted by molar-refractivity contribution is 0.173. The Morgan fingerprint density at radius 1 is 1.13 bits per heavy atom. The standard InChI is InChI=1S/C21H20F2N2O5S/c1-13(11-26)12-30-20-17(14-3-6-16(7-4-14)31(2,28)29)10-24-25(21(20)27)15-5-8-18(22)19(23)9-15/h3-10,13,26H,11-12H2,1-2H3/t13-/m0/s1. The van der Waals surface area contributed by atoms with E-state index in [0.717, 1.165) is 23.1 Å². The highest BCUT2D eigenvalue weighted by molar-refractivity contribution is 7.90. The number of rotatable bonds is 7. The van der Waals surface area contributed by atoms with Crippen LogP contribution in [0.4, 0.5) is 8.78 Å². The predicted octanol–water partition coefficient (Wildman–Crippen LogP) is 2.59. The quantitative estimate of drug-likeness (QED) is 0.594. The molecule has 1 aromatic heterocycles. The molecule has 164 valence electrons. The molecule has 1 N–H and O–H groups in total. The van der Waals surface area contributed by atoms with Gasteiger partial charge in [0.2, 0.25) is 0 Å². The molecule has 0 saturated carbocycles. The summed E-state index contributed by atoms with van der Waals surface area (Å²) in [5, 5.41) is 13.3. The highest BCUT2D eigenvalue weighted by Crippen LogP contribution is 2.28. The third-order valence-electron chi connectivity index (χ3n) is 4.50. The van der Waals surface area contributed by atoms with Crippen LogP contribution in [0, 0.1) is 17.6 Å². The Morgan fingerprint density at radius 2 is 1.81 bits per heavy atom. The number of sulfone groups is 1. The Morgan fingerprint density at radius 3 is 2.39 bits per heavy atom. The summed E-state index contributed by atoms with van der Waals surface area (Å²) in [4.78, 5) is 13.2.